The summed E-state index contributed by atoms with van der Waals surface area (Å²) >= 11 is 18.0. The zero-order valence-electron chi connectivity index (χ0n) is 10.9. The number of hydrogen-bond acceptors (Lipinski definition) is 2. The van der Waals surface area contributed by atoms with Crippen LogP contribution in [0.15, 0.2) is 30.3 Å². The first-order valence-corrected chi connectivity index (χ1v) is 11.2. The van der Waals surface area contributed by atoms with Crippen LogP contribution in [-0.4, -0.2) is 22.8 Å². The van der Waals surface area contributed by atoms with E-state index >= 15 is 0 Å². The Morgan fingerprint density at radius 1 is 1.35 bits per heavy atom. The minimum absolute atomic E-state index is 0.391. The standard InChI is InChI=1S/C13H15Cl3O3Si/c1-2-3-13(20(14,15)16)19-11-7-4-10(5-8-11)6-9-12(17)18/h4-9,13H,2-3H2,1H3,(H,17,18)/b9-6+. The van der Waals surface area contributed by atoms with E-state index in [1.807, 2.05) is 6.92 Å². The third-order valence-corrected chi connectivity index (χ3v) is 5.82. The van der Waals surface area contributed by atoms with Gasteiger partial charge < -0.3 is 9.84 Å². The van der Waals surface area contributed by atoms with Gasteiger partial charge >= 0.3 is 12.0 Å². The minimum atomic E-state index is -2.93. The van der Waals surface area contributed by atoms with Crippen molar-refractivity contribution in [1.82, 2.24) is 0 Å². The van der Waals surface area contributed by atoms with Crippen LogP contribution in [0.5, 0.6) is 5.75 Å². The summed E-state index contributed by atoms with van der Waals surface area (Å²) in [6.07, 6.45) is 4.12. The summed E-state index contributed by atoms with van der Waals surface area (Å²) in [5.74, 6) is -0.384. The summed E-state index contributed by atoms with van der Waals surface area (Å²) in [4.78, 5) is 10.4. The second-order valence-electron chi connectivity index (χ2n) is 4.18. The van der Waals surface area contributed by atoms with E-state index in [1.165, 1.54) is 6.08 Å². The highest BCUT2D eigenvalue weighted by Gasteiger charge is 2.38. The van der Waals surface area contributed by atoms with Crippen LogP contribution in [-0.2, 0) is 4.79 Å². The second kappa shape index (κ2) is 7.93. The topological polar surface area (TPSA) is 46.5 Å². The Labute approximate surface area is 133 Å². The van der Waals surface area contributed by atoms with E-state index in [0.29, 0.717) is 12.2 Å². The predicted molar refractivity (Wildman–Crippen MR) is 85.7 cm³/mol. The molecule has 7 heteroatoms. The van der Waals surface area contributed by atoms with Crippen molar-refractivity contribution >= 4 is 51.3 Å². The maximum absolute atomic E-state index is 10.4. The van der Waals surface area contributed by atoms with Crippen molar-refractivity contribution in [3.05, 3.63) is 35.9 Å². The molecule has 20 heavy (non-hydrogen) atoms. The highest BCUT2D eigenvalue weighted by Crippen LogP contribution is 2.30. The Hall–Kier alpha value is -0.683. The van der Waals surface area contributed by atoms with Crippen molar-refractivity contribution in [2.75, 3.05) is 0 Å². The van der Waals surface area contributed by atoms with Crippen LogP contribution in [0.1, 0.15) is 25.3 Å². The fraction of sp³-hybridized carbons (Fsp3) is 0.308. The molecule has 0 aliphatic carbocycles. The molecule has 0 amide bonds. The minimum Gasteiger partial charge on any atom is -0.490 e. The molecular weight excluding hydrogens is 339 g/mol. The van der Waals surface area contributed by atoms with E-state index in [0.717, 1.165) is 18.1 Å². The lowest BCUT2D eigenvalue weighted by Gasteiger charge is -2.23. The fourth-order valence-electron chi connectivity index (χ4n) is 1.54. The Balaban J connectivity index is 2.75. The zero-order valence-corrected chi connectivity index (χ0v) is 14.1. The number of aliphatic carboxylic acids is 1. The lowest BCUT2D eigenvalue weighted by molar-refractivity contribution is -0.131. The van der Waals surface area contributed by atoms with Crippen LogP contribution in [0.3, 0.4) is 0 Å². The first kappa shape index (κ1) is 17.4. The van der Waals surface area contributed by atoms with Crippen molar-refractivity contribution in [1.29, 1.82) is 0 Å². The first-order valence-electron chi connectivity index (χ1n) is 6.07. The molecule has 1 N–H and O–H groups in total. The van der Waals surface area contributed by atoms with Gasteiger partial charge in [-0.2, -0.15) is 0 Å². The average molecular weight is 354 g/mol. The summed E-state index contributed by atoms with van der Waals surface area (Å²) in [6.45, 7) is 2.00. The molecule has 0 aromatic heterocycles. The normalized spacial score (nSPS) is 13.4. The third-order valence-electron chi connectivity index (χ3n) is 2.49. The quantitative estimate of drug-likeness (QED) is 0.445. The SMILES string of the molecule is CCCC(Oc1ccc(/C=C/C(=O)O)cc1)[Si](Cl)(Cl)Cl. The Bertz CT molecular complexity index is 469. The van der Waals surface area contributed by atoms with Gasteiger partial charge in [0, 0.05) is 6.08 Å². The molecule has 1 aromatic rings. The van der Waals surface area contributed by atoms with Gasteiger partial charge in [0.1, 0.15) is 11.5 Å². The van der Waals surface area contributed by atoms with Crippen LogP contribution in [0.25, 0.3) is 6.08 Å². The maximum atomic E-state index is 10.4. The van der Waals surface area contributed by atoms with Crippen LogP contribution in [0, 0.1) is 0 Å². The molecule has 0 saturated heterocycles. The van der Waals surface area contributed by atoms with Crippen LogP contribution >= 0.6 is 33.2 Å². The Morgan fingerprint density at radius 3 is 2.40 bits per heavy atom. The van der Waals surface area contributed by atoms with E-state index in [2.05, 4.69) is 0 Å². The van der Waals surface area contributed by atoms with Gasteiger partial charge in [0.15, 0.2) is 0 Å². The third kappa shape index (κ3) is 6.18. The average Bonchev–Trinajstić information content (AvgIpc) is 2.36. The summed E-state index contributed by atoms with van der Waals surface area (Å²) in [5, 5.41) is 8.55. The van der Waals surface area contributed by atoms with E-state index in [4.69, 9.17) is 43.1 Å². The molecule has 0 aliphatic heterocycles. The molecule has 3 nitrogen and oxygen atoms in total. The molecule has 0 aliphatic rings. The number of rotatable bonds is 7. The fourth-order valence-corrected chi connectivity index (χ4v) is 3.81. The van der Waals surface area contributed by atoms with E-state index < -0.39 is 17.7 Å². The van der Waals surface area contributed by atoms with Crippen LogP contribution in [0.2, 0.25) is 0 Å². The van der Waals surface area contributed by atoms with Gasteiger partial charge in [0.25, 0.3) is 0 Å². The summed E-state index contributed by atoms with van der Waals surface area (Å²) in [5.41, 5.74) is 0.371. The van der Waals surface area contributed by atoms with Gasteiger partial charge in [-0.3, -0.25) is 0 Å². The van der Waals surface area contributed by atoms with Crippen molar-refractivity contribution in [3.8, 4) is 5.75 Å². The van der Waals surface area contributed by atoms with E-state index in [-0.39, 0.29) is 0 Å². The monoisotopic (exact) mass is 352 g/mol. The number of halogens is 3. The highest BCUT2D eigenvalue weighted by molar-refractivity contribution is 7.65. The van der Waals surface area contributed by atoms with Gasteiger partial charge in [0.05, 0.1) is 0 Å². The van der Waals surface area contributed by atoms with Crippen molar-refractivity contribution in [3.63, 3.8) is 0 Å². The number of hydrogen-bond donors (Lipinski definition) is 1. The Kier molecular flexibility index (Phi) is 6.89. The molecule has 0 heterocycles. The summed E-state index contributed by atoms with van der Waals surface area (Å²) < 4.78 is 5.73. The Morgan fingerprint density at radius 2 is 1.95 bits per heavy atom. The number of carbonyl (C=O) groups is 1. The summed E-state index contributed by atoms with van der Waals surface area (Å²) in [7, 11) is 0. The van der Waals surface area contributed by atoms with Gasteiger partial charge in [-0.05, 0) is 30.2 Å². The van der Waals surface area contributed by atoms with Gasteiger partial charge in [-0.15, -0.1) is 33.2 Å². The molecule has 1 aromatic carbocycles. The lowest BCUT2D eigenvalue weighted by Crippen LogP contribution is -2.36. The molecule has 0 bridgehead atoms. The van der Waals surface area contributed by atoms with Crippen LogP contribution < -0.4 is 4.74 Å². The molecule has 0 fully saturated rings. The summed E-state index contributed by atoms with van der Waals surface area (Å²) in [6, 6.07) is 4.03. The first-order chi connectivity index (χ1) is 9.32. The van der Waals surface area contributed by atoms with Crippen molar-refractivity contribution < 1.29 is 14.6 Å². The number of carboxylic acid groups (broad SMARTS) is 1. The van der Waals surface area contributed by atoms with Gasteiger partial charge in [0.2, 0.25) is 0 Å². The molecule has 110 valence electrons. The number of benzene rings is 1. The largest absolute Gasteiger partial charge is 0.490 e. The number of carboxylic acids is 1. The number of ether oxygens (including phenoxy) is 1. The zero-order chi connectivity index (χ0) is 15.2. The van der Waals surface area contributed by atoms with E-state index in [9.17, 15) is 4.79 Å². The molecule has 0 saturated carbocycles. The van der Waals surface area contributed by atoms with E-state index in [1.54, 1.807) is 24.3 Å². The molecule has 1 unspecified atom stereocenters. The molecule has 0 spiro atoms. The predicted octanol–water partition coefficient (Wildman–Crippen LogP) is 4.53. The maximum Gasteiger partial charge on any atom is 0.381 e. The smallest absolute Gasteiger partial charge is 0.381 e. The molecule has 0 radical (unpaired) electrons. The molecule has 1 atom stereocenters. The molecule has 1 rings (SSSR count). The van der Waals surface area contributed by atoms with Crippen molar-refractivity contribution in [2.45, 2.75) is 25.5 Å². The second-order valence-corrected chi connectivity index (χ2v) is 13.0. The lowest BCUT2D eigenvalue weighted by atomic mass is 10.2. The van der Waals surface area contributed by atoms with Gasteiger partial charge in [-0.25, -0.2) is 4.79 Å². The highest BCUT2D eigenvalue weighted by atomic mass is 35.8. The van der Waals surface area contributed by atoms with Crippen molar-refractivity contribution in [2.24, 2.45) is 0 Å². The van der Waals surface area contributed by atoms with Crippen LogP contribution in [0.4, 0.5) is 0 Å². The van der Waals surface area contributed by atoms with Gasteiger partial charge in [-0.1, -0.05) is 25.5 Å². The molecular formula is C13H15Cl3O3Si.